The van der Waals surface area contributed by atoms with Gasteiger partial charge in [0.1, 0.15) is 0 Å². The molecule has 1 aromatic heterocycles. The third kappa shape index (κ3) is 2.89. The molecule has 0 saturated carbocycles. The number of ether oxygens (including phenoxy) is 1. The smallest absolute Gasteiger partial charge is 0.0658 e. The van der Waals surface area contributed by atoms with Crippen LogP contribution in [0.15, 0.2) is 10.7 Å². The Hall–Kier alpha value is -0.390. The molecule has 2 heterocycles. The molecule has 1 fully saturated rings. The van der Waals surface area contributed by atoms with Gasteiger partial charge in [-0.25, -0.2) is 0 Å². The van der Waals surface area contributed by atoms with Crippen molar-refractivity contribution in [2.24, 2.45) is 5.92 Å². The summed E-state index contributed by atoms with van der Waals surface area (Å²) in [7, 11) is 1.73. The molecule has 0 amide bonds. The van der Waals surface area contributed by atoms with Crippen LogP contribution in [0, 0.1) is 5.92 Å². The van der Waals surface area contributed by atoms with E-state index in [1.54, 1.807) is 7.11 Å². The number of piperidine rings is 1. The van der Waals surface area contributed by atoms with E-state index in [0.717, 1.165) is 24.1 Å². The number of rotatable bonds is 4. The Morgan fingerprint density at radius 1 is 1.65 bits per heavy atom. The highest BCUT2D eigenvalue weighted by Crippen LogP contribution is 2.34. The molecule has 0 bridgehead atoms. The Kier molecular flexibility index (Phi) is 4.59. The van der Waals surface area contributed by atoms with E-state index in [1.165, 1.54) is 12.1 Å². The zero-order valence-corrected chi connectivity index (χ0v) is 12.0. The summed E-state index contributed by atoms with van der Waals surface area (Å²) in [6.07, 6.45) is 3.08. The van der Waals surface area contributed by atoms with Crippen LogP contribution in [-0.2, 0) is 11.3 Å². The van der Waals surface area contributed by atoms with Crippen molar-refractivity contribution in [3.63, 3.8) is 0 Å². The molecular formula is C12H20BrN3O. The van der Waals surface area contributed by atoms with Crippen LogP contribution in [0.5, 0.6) is 0 Å². The maximum absolute atomic E-state index is 5.14. The van der Waals surface area contributed by atoms with Crippen molar-refractivity contribution >= 4 is 15.9 Å². The summed E-state index contributed by atoms with van der Waals surface area (Å²) in [6.45, 7) is 6.02. The van der Waals surface area contributed by atoms with Gasteiger partial charge in [-0.1, -0.05) is 6.92 Å². The average Bonchev–Trinajstić information content (AvgIpc) is 2.69. The minimum atomic E-state index is 0.588. The Balaban J connectivity index is 2.19. The first-order chi connectivity index (χ1) is 8.24. The lowest BCUT2D eigenvalue weighted by Crippen LogP contribution is -2.35. The SMILES string of the molecule is COCCn1ncc(Br)c1C1CCNCC1C. The fourth-order valence-electron chi connectivity index (χ4n) is 2.52. The summed E-state index contributed by atoms with van der Waals surface area (Å²) in [5, 5.41) is 7.87. The fraction of sp³-hybridized carbons (Fsp3) is 0.750. The average molecular weight is 302 g/mol. The van der Waals surface area contributed by atoms with Gasteiger partial charge in [0.05, 0.1) is 29.5 Å². The molecule has 0 spiro atoms. The van der Waals surface area contributed by atoms with E-state index in [9.17, 15) is 0 Å². The van der Waals surface area contributed by atoms with Crippen LogP contribution in [0.3, 0.4) is 0 Å². The standard InChI is InChI=1S/C12H20BrN3O/c1-9-7-14-4-3-10(9)12-11(13)8-15-16(12)5-6-17-2/h8-10,14H,3-7H2,1-2H3. The van der Waals surface area contributed by atoms with Crippen molar-refractivity contribution in [2.75, 3.05) is 26.8 Å². The van der Waals surface area contributed by atoms with Crippen LogP contribution in [-0.4, -0.2) is 36.6 Å². The molecule has 0 aliphatic carbocycles. The van der Waals surface area contributed by atoms with Gasteiger partial charge in [0.2, 0.25) is 0 Å². The zero-order valence-electron chi connectivity index (χ0n) is 10.4. The van der Waals surface area contributed by atoms with Crippen LogP contribution in [0.4, 0.5) is 0 Å². The number of hydrogen-bond donors (Lipinski definition) is 1. The number of halogens is 1. The topological polar surface area (TPSA) is 39.1 Å². The highest BCUT2D eigenvalue weighted by molar-refractivity contribution is 9.10. The second-order valence-electron chi connectivity index (χ2n) is 4.67. The highest BCUT2D eigenvalue weighted by atomic mass is 79.9. The van der Waals surface area contributed by atoms with Gasteiger partial charge < -0.3 is 10.1 Å². The van der Waals surface area contributed by atoms with Crippen LogP contribution >= 0.6 is 15.9 Å². The number of nitrogens with one attached hydrogen (secondary N) is 1. The highest BCUT2D eigenvalue weighted by Gasteiger charge is 2.27. The molecule has 1 N–H and O–H groups in total. The predicted molar refractivity (Wildman–Crippen MR) is 71.2 cm³/mol. The summed E-state index contributed by atoms with van der Waals surface area (Å²) in [6, 6.07) is 0. The van der Waals surface area contributed by atoms with Crippen molar-refractivity contribution in [2.45, 2.75) is 25.8 Å². The molecular weight excluding hydrogens is 282 g/mol. The number of methoxy groups -OCH3 is 1. The van der Waals surface area contributed by atoms with E-state index in [1.807, 2.05) is 6.20 Å². The lowest BCUT2D eigenvalue weighted by Gasteiger charge is -2.30. The predicted octanol–water partition coefficient (Wildman–Crippen LogP) is 2.00. The lowest BCUT2D eigenvalue weighted by molar-refractivity contribution is 0.180. The van der Waals surface area contributed by atoms with E-state index < -0.39 is 0 Å². The molecule has 2 atom stereocenters. The molecule has 1 saturated heterocycles. The minimum Gasteiger partial charge on any atom is -0.383 e. The molecule has 17 heavy (non-hydrogen) atoms. The van der Waals surface area contributed by atoms with Gasteiger partial charge in [-0.15, -0.1) is 0 Å². The fourth-order valence-corrected chi connectivity index (χ4v) is 3.11. The quantitative estimate of drug-likeness (QED) is 0.925. The number of aromatic nitrogens is 2. The first-order valence-electron chi connectivity index (χ1n) is 6.15. The van der Waals surface area contributed by atoms with Crippen molar-refractivity contribution < 1.29 is 4.74 Å². The first kappa shape index (κ1) is 13.1. The van der Waals surface area contributed by atoms with Gasteiger partial charge in [0.15, 0.2) is 0 Å². The van der Waals surface area contributed by atoms with Crippen LogP contribution < -0.4 is 5.32 Å². The number of hydrogen-bond acceptors (Lipinski definition) is 3. The van der Waals surface area contributed by atoms with Gasteiger partial charge in [0, 0.05) is 13.0 Å². The van der Waals surface area contributed by atoms with E-state index in [4.69, 9.17) is 4.74 Å². The Bertz CT molecular complexity index is 367. The van der Waals surface area contributed by atoms with Crippen LogP contribution in [0.25, 0.3) is 0 Å². The van der Waals surface area contributed by atoms with E-state index in [0.29, 0.717) is 18.4 Å². The van der Waals surface area contributed by atoms with Crippen LogP contribution in [0.1, 0.15) is 25.0 Å². The summed E-state index contributed by atoms with van der Waals surface area (Å²) in [5.74, 6) is 1.24. The molecule has 2 rings (SSSR count). The van der Waals surface area contributed by atoms with Crippen molar-refractivity contribution in [1.82, 2.24) is 15.1 Å². The van der Waals surface area contributed by atoms with Gasteiger partial charge in [-0.2, -0.15) is 5.10 Å². The second kappa shape index (κ2) is 5.98. The monoisotopic (exact) mass is 301 g/mol. The third-order valence-corrected chi connectivity index (χ3v) is 4.09. The van der Waals surface area contributed by atoms with Gasteiger partial charge in [-0.05, 0) is 41.4 Å². The van der Waals surface area contributed by atoms with Gasteiger partial charge >= 0.3 is 0 Å². The maximum atomic E-state index is 5.14. The summed E-state index contributed by atoms with van der Waals surface area (Å²) < 4.78 is 8.35. The lowest BCUT2D eigenvalue weighted by atomic mass is 9.85. The zero-order chi connectivity index (χ0) is 12.3. The van der Waals surface area contributed by atoms with Crippen molar-refractivity contribution in [1.29, 1.82) is 0 Å². The summed E-state index contributed by atoms with van der Waals surface area (Å²) >= 11 is 3.63. The molecule has 0 aromatic carbocycles. The molecule has 96 valence electrons. The summed E-state index contributed by atoms with van der Waals surface area (Å²) in [5.41, 5.74) is 1.33. The third-order valence-electron chi connectivity index (χ3n) is 3.48. The van der Waals surface area contributed by atoms with Crippen molar-refractivity contribution in [3.05, 3.63) is 16.4 Å². The van der Waals surface area contributed by atoms with Gasteiger partial charge in [0.25, 0.3) is 0 Å². The number of nitrogens with zero attached hydrogens (tertiary/aromatic N) is 2. The van der Waals surface area contributed by atoms with Gasteiger partial charge in [-0.3, -0.25) is 4.68 Å². The maximum Gasteiger partial charge on any atom is 0.0658 e. The van der Waals surface area contributed by atoms with Crippen LogP contribution in [0.2, 0.25) is 0 Å². The molecule has 2 unspecified atom stereocenters. The minimum absolute atomic E-state index is 0.588. The van der Waals surface area contributed by atoms with E-state index in [-0.39, 0.29) is 0 Å². The van der Waals surface area contributed by atoms with E-state index in [2.05, 4.69) is 38.0 Å². The molecule has 4 nitrogen and oxygen atoms in total. The second-order valence-corrected chi connectivity index (χ2v) is 5.52. The largest absolute Gasteiger partial charge is 0.383 e. The summed E-state index contributed by atoms with van der Waals surface area (Å²) in [4.78, 5) is 0. The first-order valence-corrected chi connectivity index (χ1v) is 6.94. The normalized spacial score (nSPS) is 25.1. The van der Waals surface area contributed by atoms with Crippen molar-refractivity contribution in [3.8, 4) is 0 Å². The molecule has 5 heteroatoms. The molecule has 1 aromatic rings. The molecule has 1 aliphatic heterocycles. The Morgan fingerprint density at radius 3 is 3.18 bits per heavy atom. The Morgan fingerprint density at radius 2 is 2.47 bits per heavy atom. The Labute approximate surface area is 111 Å². The molecule has 0 radical (unpaired) electrons. The molecule has 1 aliphatic rings. The van der Waals surface area contributed by atoms with E-state index >= 15 is 0 Å².